The van der Waals surface area contributed by atoms with Crippen LogP contribution in [-0.4, -0.2) is 19.6 Å². The number of aryl methyl sites for hydroxylation is 1. The lowest BCUT2D eigenvalue weighted by Gasteiger charge is -2.40. The Kier molecular flexibility index (Phi) is 4.97. The number of likely N-dealkylation sites (tertiary alicyclic amines) is 1. The van der Waals surface area contributed by atoms with Gasteiger partial charge in [0, 0.05) is 31.5 Å². The van der Waals surface area contributed by atoms with Crippen LogP contribution < -0.4 is 19.8 Å². The Morgan fingerprint density at radius 1 is 0.970 bits per heavy atom. The summed E-state index contributed by atoms with van der Waals surface area (Å²) in [6.07, 6.45) is 7.85. The molecule has 0 saturated carbocycles. The summed E-state index contributed by atoms with van der Waals surface area (Å²) >= 11 is 0. The molecule has 0 spiro atoms. The molecule has 2 aromatic rings. The van der Waals surface area contributed by atoms with Crippen molar-refractivity contribution in [1.29, 1.82) is 0 Å². The zero-order valence-corrected chi connectivity index (χ0v) is 20.6. The summed E-state index contributed by atoms with van der Waals surface area (Å²) in [7, 11) is -3.16. The van der Waals surface area contributed by atoms with Gasteiger partial charge in [-0.05, 0) is 42.0 Å². The molecule has 4 aliphatic rings. The largest absolute Gasteiger partial charge is 0.318 e. The summed E-state index contributed by atoms with van der Waals surface area (Å²) in [4.78, 5) is 1.53. The van der Waals surface area contributed by atoms with Crippen molar-refractivity contribution in [2.24, 2.45) is 5.41 Å². The number of quaternary nitrogens is 1. The van der Waals surface area contributed by atoms with E-state index in [4.69, 9.17) is 0 Å². The van der Waals surface area contributed by atoms with Crippen LogP contribution in [0.4, 0.5) is 11.4 Å². The maximum Gasteiger partial charge on any atom is 0.318 e. The standard InChI is InChI=1S/C27H33N4OP/c1-27(2)19-23-26(25(20-27)29-16-8-9-17-29)33(32,31(28-23)22-13-4-3-5-14-22)30-18-10-12-21-11-6-7-15-24(21)30/h3-7,11,13-15,19,28H,8-10,12,16-18,20H2,1-2H3/p+1/t33-/m1/s1. The molecule has 1 aliphatic carbocycles. The zero-order valence-electron chi connectivity index (χ0n) is 19.7. The molecule has 6 rings (SSSR count). The van der Waals surface area contributed by atoms with E-state index in [2.05, 4.69) is 66.4 Å². The van der Waals surface area contributed by atoms with E-state index in [1.165, 1.54) is 29.0 Å². The van der Waals surface area contributed by atoms with Crippen molar-refractivity contribution in [2.45, 2.75) is 46.0 Å². The van der Waals surface area contributed by atoms with Crippen molar-refractivity contribution >= 4 is 18.8 Å². The minimum atomic E-state index is -3.16. The van der Waals surface area contributed by atoms with E-state index in [1.807, 2.05) is 23.0 Å². The summed E-state index contributed by atoms with van der Waals surface area (Å²) in [6, 6.07) is 18.8. The van der Waals surface area contributed by atoms with Crippen molar-refractivity contribution in [1.82, 2.24) is 5.43 Å². The van der Waals surface area contributed by atoms with E-state index in [0.29, 0.717) is 0 Å². The summed E-state index contributed by atoms with van der Waals surface area (Å²) in [5, 5.41) is 1.07. The van der Waals surface area contributed by atoms with Crippen molar-refractivity contribution < 1.29 is 9.46 Å². The van der Waals surface area contributed by atoms with E-state index >= 15 is 4.57 Å². The van der Waals surface area contributed by atoms with Gasteiger partial charge in [-0.15, -0.1) is 0 Å². The predicted octanol–water partition coefficient (Wildman–Crippen LogP) is 4.86. The van der Waals surface area contributed by atoms with Crippen LogP contribution >= 0.6 is 7.44 Å². The number of hydrogen-bond acceptors (Lipinski definition) is 2. The first-order valence-corrected chi connectivity index (χ1v) is 14.0. The van der Waals surface area contributed by atoms with Gasteiger partial charge >= 0.3 is 7.44 Å². The lowest BCUT2D eigenvalue weighted by molar-refractivity contribution is -0.849. The van der Waals surface area contributed by atoms with Crippen LogP contribution in [0.2, 0.25) is 0 Å². The minimum absolute atomic E-state index is 0.0358. The second kappa shape index (κ2) is 7.78. The Morgan fingerprint density at radius 3 is 2.48 bits per heavy atom. The molecule has 2 N–H and O–H groups in total. The van der Waals surface area contributed by atoms with E-state index in [0.717, 1.165) is 61.3 Å². The van der Waals surface area contributed by atoms with Gasteiger partial charge in [0.15, 0.2) is 0 Å². The zero-order chi connectivity index (χ0) is 22.6. The van der Waals surface area contributed by atoms with Gasteiger partial charge in [0.1, 0.15) is 11.0 Å². The molecule has 5 nitrogen and oxygen atoms in total. The first-order valence-electron chi connectivity index (χ1n) is 12.4. The highest BCUT2D eigenvalue weighted by atomic mass is 31.2. The molecule has 1 atom stereocenters. The van der Waals surface area contributed by atoms with Crippen molar-refractivity contribution in [3.05, 3.63) is 82.9 Å². The molecular formula is C27H34N4OP+. The quantitative estimate of drug-likeness (QED) is 0.641. The lowest BCUT2D eigenvalue weighted by Crippen LogP contribution is -3.08. The molecular weight excluding hydrogens is 427 g/mol. The summed E-state index contributed by atoms with van der Waals surface area (Å²) in [5.74, 6) is 0. The highest BCUT2D eigenvalue weighted by Crippen LogP contribution is 2.70. The normalized spacial score (nSPS) is 26.7. The highest BCUT2D eigenvalue weighted by Gasteiger charge is 2.55. The van der Waals surface area contributed by atoms with E-state index in [9.17, 15) is 0 Å². The van der Waals surface area contributed by atoms with Gasteiger partial charge in [-0.25, -0.2) is 4.78 Å². The number of rotatable bonds is 3. The van der Waals surface area contributed by atoms with Crippen LogP contribution in [0.25, 0.3) is 0 Å². The van der Waals surface area contributed by atoms with Crippen LogP contribution in [0.3, 0.4) is 0 Å². The number of anilines is 2. The third kappa shape index (κ3) is 3.36. The average molecular weight is 462 g/mol. The number of fused-ring (bicyclic) bond motifs is 2. The Morgan fingerprint density at radius 2 is 1.70 bits per heavy atom. The average Bonchev–Trinajstić information content (AvgIpc) is 3.45. The number of benzene rings is 2. The molecule has 0 bridgehead atoms. The predicted molar refractivity (Wildman–Crippen MR) is 135 cm³/mol. The molecule has 3 heterocycles. The van der Waals surface area contributed by atoms with Gasteiger partial charge in [-0.2, -0.15) is 0 Å². The Bertz CT molecular complexity index is 1180. The smallest absolute Gasteiger partial charge is 0.305 e. The van der Waals surface area contributed by atoms with Crippen LogP contribution in [0.1, 0.15) is 45.1 Å². The Balaban J connectivity index is 1.60. The van der Waals surface area contributed by atoms with Gasteiger partial charge < -0.3 is 9.57 Å². The van der Waals surface area contributed by atoms with Crippen LogP contribution in [0.15, 0.2) is 77.4 Å². The van der Waals surface area contributed by atoms with Crippen molar-refractivity contribution in [3.63, 3.8) is 0 Å². The van der Waals surface area contributed by atoms with E-state index in [1.54, 1.807) is 0 Å². The van der Waals surface area contributed by atoms with E-state index < -0.39 is 7.44 Å². The number of nitrogens with one attached hydrogen (secondary N) is 2. The van der Waals surface area contributed by atoms with Crippen molar-refractivity contribution in [3.8, 4) is 0 Å². The minimum Gasteiger partial charge on any atom is -0.305 e. The van der Waals surface area contributed by atoms with Crippen molar-refractivity contribution in [2.75, 3.05) is 29.1 Å². The number of nitrogens with zero attached hydrogens (tertiary/aromatic N) is 2. The number of para-hydroxylation sites is 2. The summed E-state index contributed by atoms with van der Waals surface area (Å²) in [6.45, 7) is 7.71. The number of hydrazine groups is 1. The molecule has 0 aromatic heterocycles. The van der Waals surface area contributed by atoms with Gasteiger partial charge in [0.25, 0.3) is 0 Å². The molecule has 172 valence electrons. The molecule has 6 heteroatoms. The van der Waals surface area contributed by atoms with Crippen LogP contribution in [0, 0.1) is 5.41 Å². The molecule has 33 heavy (non-hydrogen) atoms. The Hall–Kier alpha value is -2.49. The fourth-order valence-corrected chi connectivity index (χ4v) is 9.39. The first kappa shape index (κ1) is 21.1. The molecule has 0 unspecified atom stereocenters. The molecule has 2 aromatic carbocycles. The fraction of sp³-hybridized carbons (Fsp3) is 0.407. The third-order valence-corrected chi connectivity index (χ3v) is 10.6. The van der Waals surface area contributed by atoms with Gasteiger partial charge in [-0.3, -0.25) is 9.99 Å². The molecule has 0 amide bonds. The molecule has 3 aliphatic heterocycles. The summed E-state index contributed by atoms with van der Waals surface area (Å²) < 4.78 is 19.9. The maximum atomic E-state index is 15.7. The maximum absolute atomic E-state index is 15.7. The Labute approximate surface area is 197 Å². The van der Waals surface area contributed by atoms with Gasteiger partial charge in [-0.1, -0.05) is 56.3 Å². The highest BCUT2D eigenvalue weighted by molar-refractivity contribution is 7.72. The number of hydrogen-bond donors (Lipinski definition) is 2. The number of allylic oxidation sites excluding steroid dienone is 3. The fourth-order valence-electron chi connectivity index (χ4n) is 6.12. The second-order valence-electron chi connectivity index (χ2n) is 10.5. The first-order chi connectivity index (χ1) is 16.0. The van der Waals surface area contributed by atoms with Gasteiger partial charge in [0.2, 0.25) is 0 Å². The molecule has 2 saturated heterocycles. The second-order valence-corrected chi connectivity index (χ2v) is 12.9. The summed E-state index contributed by atoms with van der Waals surface area (Å²) in [5.41, 5.74) is 9.50. The van der Waals surface area contributed by atoms with Crippen LogP contribution in [0.5, 0.6) is 0 Å². The topological polar surface area (TPSA) is 40.0 Å². The SMILES string of the molecule is CC1(C)C=C2NN(c3ccccc3)[P@](=O)(N3CCCc4ccccc43)C2=C([NH+]2CCCC2)C1. The lowest BCUT2D eigenvalue weighted by atomic mass is 9.83. The van der Waals surface area contributed by atoms with E-state index in [-0.39, 0.29) is 5.41 Å². The molecule has 0 radical (unpaired) electrons. The van der Waals surface area contributed by atoms with Gasteiger partial charge in [0.05, 0.1) is 24.5 Å². The van der Waals surface area contributed by atoms with Crippen LogP contribution in [-0.2, 0) is 11.0 Å². The third-order valence-electron chi connectivity index (χ3n) is 7.54. The molecule has 2 fully saturated rings. The monoisotopic (exact) mass is 461 g/mol.